The Balaban J connectivity index is 1.60. The molecule has 2 N–H and O–H groups in total. The van der Waals surface area contributed by atoms with E-state index in [1.54, 1.807) is 12.1 Å². The molecule has 2 aromatic carbocycles. The number of rotatable bonds is 7. The minimum Gasteiger partial charge on any atom is -0.494 e. The Labute approximate surface area is 174 Å². The van der Waals surface area contributed by atoms with Gasteiger partial charge in [-0.2, -0.15) is 15.0 Å². The molecule has 0 saturated carbocycles. The average Bonchev–Trinajstić information content (AvgIpc) is 2.76. The molecule has 9 heteroatoms. The molecule has 0 atom stereocenters. The van der Waals surface area contributed by atoms with Gasteiger partial charge in [-0.3, -0.25) is 0 Å². The van der Waals surface area contributed by atoms with Crippen LogP contribution in [-0.4, -0.2) is 47.9 Å². The van der Waals surface area contributed by atoms with Gasteiger partial charge in [0.15, 0.2) is 0 Å². The third kappa shape index (κ3) is 5.12. The third-order valence-corrected chi connectivity index (χ3v) is 4.42. The summed E-state index contributed by atoms with van der Waals surface area (Å²) >= 11 is 0. The Bertz CT molecular complexity index is 979. The van der Waals surface area contributed by atoms with Crippen molar-refractivity contribution in [3.05, 3.63) is 54.3 Å². The van der Waals surface area contributed by atoms with Crippen LogP contribution in [0, 0.1) is 5.82 Å². The fraction of sp³-hybridized carbons (Fsp3) is 0.286. The van der Waals surface area contributed by atoms with Crippen LogP contribution < -0.4 is 20.3 Å². The van der Waals surface area contributed by atoms with Crippen molar-refractivity contribution in [3.63, 3.8) is 0 Å². The predicted octanol–water partition coefficient (Wildman–Crippen LogP) is 3.73. The Morgan fingerprint density at radius 2 is 1.67 bits per heavy atom. The van der Waals surface area contributed by atoms with E-state index in [1.807, 2.05) is 36.1 Å². The van der Waals surface area contributed by atoms with Crippen LogP contribution in [0.4, 0.5) is 33.6 Å². The summed E-state index contributed by atoms with van der Waals surface area (Å²) in [6.07, 6.45) is 0. The molecule has 0 bridgehead atoms. The highest BCUT2D eigenvalue weighted by Gasteiger charge is 2.17. The van der Waals surface area contributed by atoms with E-state index in [-0.39, 0.29) is 5.82 Å². The highest BCUT2D eigenvalue weighted by molar-refractivity contribution is 5.60. The van der Waals surface area contributed by atoms with Gasteiger partial charge in [0.1, 0.15) is 11.6 Å². The molecule has 0 amide bonds. The van der Waals surface area contributed by atoms with Crippen LogP contribution in [0.5, 0.6) is 5.75 Å². The summed E-state index contributed by atoms with van der Waals surface area (Å²) < 4.78 is 24.5. The first-order valence-corrected chi connectivity index (χ1v) is 9.81. The van der Waals surface area contributed by atoms with Crippen LogP contribution >= 0.6 is 0 Å². The Kier molecular flexibility index (Phi) is 6.19. The number of benzene rings is 2. The van der Waals surface area contributed by atoms with Crippen molar-refractivity contribution in [2.24, 2.45) is 0 Å². The van der Waals surface area contributed by atoms with Crippen LogP contribution in [-0.2, 0) is 4.74 Å². The lowest BCUT2D eigenvalue weighted by atomic mass is 10.3. The highest BCUT2D eigenvalue weighted by atomic mass is 19.1. The van der Waals surface area contributed by atoms with E-state index in [4.69, 9.17) is 9.47 Å². The maximum Gasteiger partial charge on any atom is 0.233 e. The molecule has 1 fully saturated rings. The molecule has 1 aliphatic rings. The largest absolute Gasteiger partial charge is 0.494 e. The van der Waals surface area contributed by atoms with E-state index in [9.17, 15) is 4.39 Å². The molecule has 0 radical (unpaired) electrons. The van der Waals surface area contributed by atoms with Crippen LogP contribution in [0.25, 0.3) is 0 Å². The second-order valence-electron chi connectivity index (χ2n) is 6.60. The van der Waals surface area contributed by atoms with Crippen LogP contribution in [0.1, 0.15) is 6.92 Å². The zero-order valence-electron chi connectivity index (χ0n) is 16.6. The summed E-state index contributed by atoms with van der Waals surface area (Å²) in [7, 11) is 0. The van der Waals surface area contributed by atoms with E-state index in [0.717, 1.165) is 11.4 Å². The second kappa shape index (κ2) is 9.36. The molecule has 1 aromatic heterocycles. The number of hydrogen-bond donors (Lipinski definition) is 2. The predicted molar refractivity (Wildman–Crippen MR) is 113 cm³/mol. The summed E-state index contributed by atoms with van der Waals surface area (Å²) in [6.45, 7) is 5.15. The second-order valence-corrected chi connectivity index (χ2v) is 6.60. The van der Waals surface area contributed by atoms with Crippen molar-refractivity contribution in [1.82, 2.24) is 15.0 Å². The van der Waals surface area contributed by atoms with Gasteiger partial charge in [-0.1, -0.05) is 6.07 Å². The maximum absolute atomic E-state index is 13.6. The molecule has 156 valence electrons. The summed E-state index contributed by atoms with van der Waals surface area (Å²) in [5.74, 6) is 1.69. The summed E-state index contributed by atoms with van der Waals surface area (Å²) in [4.78, 5) is 15.6. The number of anilines is 5. The number of aromatic nitrogens is 3. The van der Waals surface area contributed by atoms with Crippen molar-refractivity contribution >= 4 is 29.2 Å². The molecule has 1 aliphatic heterocycles. The number of halogens is 1. The molecule has 3 aromatic rings. The SMILES string of the molecule is CCOc1ccc(Nc2nc(Nc3cccc(F)c3)nc(N3CCOCC3)n2)cc1. The molecular weight excluding hydrogens is 387 g/mol. The van der Waals surface area contributed by atoms with Crippen molar-refractivity contribution in [2.75, 3.05) is 48.4 Å². The lowest BCUT2D eigenvalue weighted by Gasteiger charge is -2.27. The number of nitrogens with one attached hydrogen (secondary N) is 2. The van der Waals surface area contributed by atoms with Gasteiger partial charge < -0.3 is 25.0 Å². The number of hydrogen-bond acceptors (Lipinski definition) is 8. The van der Waals surface area contributed by atoms with Crippen molar-refractivity contribution in [2.45, 2.75) is 6.92 Å². The molecular formula is C21H23FN6O2. The minimum atomic E-state index is -0.338. The summed E-state index contributed by atoms with van der Waals surface area (Å²) in [6, 6.07) is 13.7. The maximum atomic E-state index is 13.6. The van der Waals surface area contributed by atoms with Gasteiger partial charge in [0.2, 0.25) is 17.8 Å². The summed E-state index contributed by atoms with van der Waals surface area (Å²) in [5, 5.41) is 6.26. The van der Waals surface area contributed by atoms with Gasteiger partial charge in [-0.15, -0.1) is 0 Å². The molecule has 8 nitrogen and oxygen atoms in total. The fourth-order valence-electron chi connectivity index (χ4n) is 3.01. The molecule has 30 heavy (non-hydrogen) atoms. The number of nitrogens with zero attached hydrogens (tertiary/aromatic N) is 4. The molecule has 2 heterocycles. The minimum absolute atomic E-state index is 0.325. The monoisotopic (exact) mass is 410 g/mol. The Morgan fingerprint density at radius 3 is 2.33 bits per heavy atom. The highest BCUT2D eigenvalue weighted by Crippen LogP contribution is 2.22. The zero-order valence-corrected chi connectivity index (χ0v) is 16.6. The normalized spacial score (nSPS) is 13.7. The van der Waals surface area contributed by atoms with Crippen molar-refractivity contribution in [1.29, 1.82) is 0 Å². The fourth-order valence-corrected chi connectivity index (χ4v) is 3.01. The molecule has 0 unspecified atom stereocenters. The molecule has 4 rings (SSSR count). The van der Waals surface area contributed by atoms with E-state index < -0.39 is 0 Å². The van der Waals surface area contributed by atoms with E-state index in [2.05, 4.69) is 25.6 Å². The van der Waals surface area contributed by atoms with Gasteiger partial charge in [0.25, 0.3) is 0 Å². The average molecular weight is 410 g/mol. The van der Waals surface area contributed by atoms with Gasteiger partial charge >= 0.3 is 0 Å². The molecule has 0 spiro atoms. The van der Waals surface area contributed by atoms with Crippen molar-refractivity contribution in [3.8, 4) is 5.75 Å². The Hall–Kier alpha value is -3.46. The molecule has 0 aliphatic carbocycles. The van der Waals surface area contributed by atoms with E-state index in [0.29, 0.717) is 56.4 Å². The number of morpholine rings is 1. The van der Waals surface area contributed by atoms with E-state index in [1.165, 1.54) is 12.1 Å². The van der Waals surface area contributed by atoms with E-state index >= 15 is 0 Å². The van der Waals surface area contributed by atoms with Crippen LogP contribution in [0.2, 0.25) is 0 Å². The van der Waals surface area contributed by atoms with Crippen LogP contribution in [0.3, 0.4) is 0 Å². The van der Waals surface area contributed by atoms with Gasteiger partial charge in [0, 0.05) is 24.5 Å². The van der Waals surface area contributed by atoms with Gasteiger partial charge in [-0.25, -0.2) is 4.39 Å². The van der Waals surface area contributed by atoms with Gasteiger partial charge in [0.05, 0.1) is 19.8 Å². The lowest BCUT2D eigenvalue weighted by Crippen LogP contribution is -2.37. The first-order valence-electron chi connectivity index (χ1n) is 9.81. The van der Waals surface area contributed by atoms with Crippen molar-refractivity contribution < 1.29 is 13.9 Å². The lowest BCUT2D eigenvalue weighted by molar-refractivity contribution is 0.122. The molecule has 1 saturated heterocycles. The smallest absolute Gasteiger partial charge is 0.233 e. The quantitative estimate of drug-likeness (QED) is 0.610. The Morgan fingerprint density at radius 1 is 0.967 bits per heavy atom. The third-order valence-electron chi connectivity index (χ3n) is 4.42. The first-order chi connectivity index (χ1) is 14.7. The number of ether oxygens (including phenoxy) is 2. The topological polar surface area (TPSA) is 84.4 Å². The van der Waals surface area contributed by atoms with Gasteiger partial charge in [-0.05, 0) is 49.4 Å². The first kappa shape index (κ1) is 19.8. The standard InChI is InChI=1S/C21H23FN6O2/c1-2-30-18-8-6-16(7-9-18)23-19-25-20(24-17-5-3-4-15(22)14-17)27-21(26-19)28-10-12-29-13-11-28/h3-9,14H,2,10-13H2,1H3,(H2,23,24,25,26,27). The summed E-state index contributed by atoms with van der Waals surface area (Å²) in [5.41, 5.74) is 1.37. The van der Waals surface area contributed by atoms with Crippen LogP contribution in [0.15, 0.2) is 48.5 Å². The zero-order chi connectivity index (χ0) is 20.8.